The summed E-state index contributed by atoms with van der Waals surface area (Å²) in [4.78, 5) is 11.7. The molecular formula is C12H18F3NO. The molecular weight excluding hydrogens is 231 g/mol. The molecule has 4 unspecified atom stereocenters. The largest absolute Gasteiger partial charge is 0.413 e. The fourth-order valence-corrected chi connectivity index (χ4v) is 3.23. The van der Waals surface area contributed by atoms with Crippen molar-refractivity contribution < 1.29 is 18.0 Å². The second-order valence-corrected chi connectivity index (χ2v) is 5.76. The maximum absolute atomic E-state index is 12.6. The number of alkyl halides is 3. The molecule has 0 radical (unpaired) electrons. The van der Waals surface area contributed by atoms with E-state index in [1.165, 1.54) is 6.42 Å². The number of ketones is 1. The first kappa shape index (κ1) is 12.9. The maximum Gasteiger partial charge on any atom is 0.413 e. The highest BCUT2D eigenvalue weighted by molar-refractivity contribution is 5.88. The van der Waals surface area contributed by atoms with E-state index in [4.69, 9.17) is 5.73 Å². The van der Waals surface area contributed by atoms with Gasteiger partial charge in [0.25, 0.3) is 0 Å². The molecule has 2 fully saturated rings. The van der Waals surface area contributed by atoms with Crippen molar-refractivity contribution in [3.8, 4) is 0 Å². The quantitative estimate of drug-likeness (QED) is 0.835. The second kappa shape index (κ2) is 3.97. The highest BCUT2D eigenvalue weighted by Crippen LogP contribution is 2.50. The number of hydrogen-bond acceptors (Lipinski definition) is 2. The second-order valence-electron chi connectivity index (χ2n) is 5.76. The van der Waals surface area contributed by atoms with Gasteiger partial charge in [0.1, 0.15) is 0 Å². The first-order chi connectivity index (χ1) is 7.72. The topological polar surface area (TPSA) is 43.1 Å². The zero-order valence-electron chi connectivity index (χ0n) is 9.89. The van der Waals surface area contributed by atoms with E-state index in [9.17, 15) is 18.0 Å². The van der Waals surface area contributed by atoms with E-state index >= 15 is 0 Å². The third-order valence-electron chi connectivity index (χ3n) is 4.50. The Hall–Kier alpha value is -0.580. The van der Waals surface area contributed by atoms with Crippen LogP contribution in [0.1, 0.15) is 39.0 Å². The summed E-state index contributed by atoms with van der Waals surface area (Å²) in [5, 5.41) is 0. The average Bonchev–Trinajstić information content (AvgIpc) is 2.76. The van der Waals surface area contributed by atoms with Crippen LogP contribution in [0.25, 0.3) is 0 Å². The molecule has 0 amide bonds. The van der Waals surface area contributed by atoms with E-state index in [0.717, 1.165) is 26.2 Å². The summed E-state index contributed by atoms with van der Waals surface area (Å²) in [5.41, 5.74) is 2.45. The number of fused-ring (bicyclic) bond motifs is 2. The normalized spacial score (nSPS) is 35.9. The van der Waals surface area contributed by atoms with Crippen molar-refractivity contribution >= 4 is 5.78 Å². The van der Waals surface area contributed by atoms with Crippen LogP contribution in [-0.2, 0) is 4.79 Å². The molecule has 2 rings (SSSR count). The summed E-state index contributed by atoms with van der Waals surface area (Å²) >= 11 is 0. The van der Waals surface area contributed by atoms with Crippen LogP contribution in [0.5, 0.6) is 0 Å². The fourth-order valence-electron chi connectivity index (χ4n) is 3.23. The summed E-state index contributed by atoms with van der Waals surface area (Å²) in [6.07, 6.45) is -0.421. The Kier molecular flexibility index (Phi) is 3.00. The molecule has 0 spiro atoms. The Morgan fingerprint density at radius 3 is 2.35 bits per heavy atom. The van der Waals surface area contributed by atoms with Gasteiger partial charge in [0.15, 0.2) is 11.3 Å². The molecule has 0 aliphatic heterocycles. The summed E-state index contributed by atoms with van der Waals surface area (Å²) in [6.45, 7) is 0.780. The molecule has 17 heavy (non-hydrogen) atoms. The Balaban J connectivity index is 1.98. The van der Waals surface area contributed by atoms with E-state index in [-0.39, 0.29) is 12.3 Å². The molecule has 0 aromatic rings. The molecule has 2 aliphatic rings. The SMILES string of the molecule is CC(N)(C(=O)CC1CC2CCC1C2)C(F)(F)F. The molecule has 2 bridgehead atoms. The van der Waals surface area contributed by atoms with Crippen LogP contribution in [0.3, 0.4) is 0 Å². The van der Waals surface area contributed by atoms with E-state index in [2.05, 4.69) is 0 Å². The predicted molar refractivity (Wildman–Crippen MR) is 57.2 cm³/mol. The van der Waals surface area contributed by atoms with Gasteiger partial charge in [-0.25, -0.2) is 0 Å². The van der Waals surface area contributed by atoms with Crippen molar-refractivity contribution in [3.63, 3.8) is 0 Å². The van der Waals surface area contributed by atoms with Crippen LogP contribution in [0.4, 0.5) is 13.2 Å². The number of Topliss-reactive ketones (excluding diaryl/α,β-unsaturated/α-hetero) is 1. The number of carbonyl (C=O) groups is 1. The monoisotopic (exact) mass is 249 g/mol. The zero-order valence-corrected chi connectivity index (χ0v) is 9.89. The predicted octanol–water partition coefficient (Wildman–Crippen LogP) is 2.66. The zero-order chi connectivity index (χ0) is 12.8. The Labute approximate surface area is 98.7 Å². The van der Waals surface area contributed by atoms with E-state index in [1.54, 1.807) is 0 Å². The smallest absolute Gasteiger partial charge is 0.312 e. The number of carbonyl (C=O) groups excluding carboxylic acids is 1. The van der Waals surface area contributed by atoms with Crippen LogP contribution in [-0.4, -0.2) is 17.5 Å². The Bertz CT molecular complexity index is 324. The standard InChI is InChI=1S/C12H18F3NO/c1-11(16,12(13,14)15)10(17)6-9-5-7-2-3-8(9)4-7/h7-9H,2-6,16H2,1H3. The van der Waals surface area contributed by atoms with Crippen molar-refractivity contribution in [2.24, 2.45) is 23.5 Å². The minimum Gasteiger partial charge on any atom is -0.312 e. The van der Waals surface area contributed by atoms with Gasteiger partial charge in [0, 0.05) is 6.42 Å². The van der Waals surface area contributed by atoms with Gasteiger partial charge < -0.3 is 5.73 Å². The molecule has 5 heteroatoms. The van der Waals surface area contributed by atoms with Crippen LogP contribution in [0, 0.1) is 17.8 Å². The maximum atomic E-state index is 12.6. The van der Waals surface area contributed by atoms with Gasteiger partial charge in [-0.1, -0.05) is 6.42 Å². The molecule has 2 saturated carbocycles. The molecule has 98 valence electrons. The van der Waals surface area contributed by atoms with E-state index in [1.807, 2.05) is 0 Å². The van der Waals surface area contributed by atoms with Crippen molar-refractivity contribution in [2.75, 3.05) is 0 Å². The van der Waals surface area contributed by atoms with Crippen LogP contribution in [0.15, 0.2) is 0 Å². The summed E-state index contributed by atoms with van der Waals surface area (Å²) in [7, 11) is 0. The van der Waals surface area contributed by atoms with Gasteiger partial charge in [-0.3, -0.25) is 4.79 Å². The van der Waals surface area contributed by atoms with Crippen LogP contribution < -0.4 is 5.73 Å². The third kappa shape index (κ3) is 2.21. The van der Waals surface area contributed by atoms with Gasteiger partial charge in [-0.2, -0.15) is 13.2 Å². The van der Waals surface area contributed by atoms with Crippen molar-refractivity contribution in [1.29, 1.82) is 0 Å². The van der Waals surface area contributed by atoms with Gasteiger partial charge in [0.05, 0.1) is 0 Å². The molecule has 4 atom stereocenters. The van der Waals surface area contributed by atoms with E-state index < -0.39 is 17.5 Å². The number of halogens is 3. The van der Waals surface area contributed by atoms with Crippen LogP contribution in [0.2, 0.25) is 0 Å². The lowest BCUT2D eigenvalue weighted by Gasteiger charge is -2.29. The molecule has 2 N–H and O–H groups in total. The first-order valence-corrected chi connectivity index (χ1v) is 6.10. The van der Waals surface area contributed by atoms with Crippen LogP contribution >= 0.6 is 0 Å². The van der Waals surface area contributed by atoms with Crippen molar-refractivity contribution in [1.82, 2.24) is 0 Å². The Morgan fingerprint density at radius 1 is 1.29 bits per heavy atom. The summed E-state index contributed by atoms with van der Waals surface area (Å²) < 4.78 is 37.8. The summed E-state index contributed by atoms with van der Waals surface area (Å²) in [5.74, 6) is 0.356. The molecule has 0 heterocycles. The minimum atomic E-state index is -4.65. The highest BCUT2D eigenvalue weighted by atomic mass is 19.4. The number of nitrogens with two attached hydrogens (primary N) is 1. The minimum absolute atomic E-state index is 0.00627. The lowest BCUT2D eigenvalue weighted by Crippen LogP contribution is -2.57. The highest BCUT2D eigenvalue weighted by Gasteiger charge is 2.54. The average molecular weight is 249 g/mol. The summed E-state index contributed by atoms with van der Waals surface area (Å²) in [6, 6.07) is 0. The number of hydrogen-bond donors (Lipinski definition) is 1. The van der Waals surface area contributed by atoms with E-state index in [0.29, 0.717) is 11.8 Å². The first-order valence-electron chi connectivity index (χ1n) is 6.10. The molecule has 0 aromatic carbocycles. The Morgan fingerprint density at radius 2 is 1.94 bits per heavy atom. The molecule has 2 nitrogen and oxygen atoms in total. The molecule has 0 aromatic heterocycles. The van der Waals surface area contributed by atoms with Gasteiger partial charge in [-0.05, 0) is 43.9 Å². The molecule has 2 aliphatic carbocycles. The lowest BCUT2D eigenvalue weighted by atomic mass is 9.81. The molecule has 0 saturated heterocycles. The number of rotatable bonds is 3. The van der Waals surface area contributed by atoms with Gasteiger partial charge in [0.2, 0.25) is 0 Å². The van der Waals surface area contributed by atoms with Gasteiger partial charge in [-0.15, -0.1) is 0 Å². The van der Waals surface area contributed by atoms with Crippen molar-refractivity contribution in [2.45, 2.75) is 50.7 Å². The fraction of sp³-hybridized carbons (Fsp3) is 0.917. The van der Waals surface area contributed by atoms with Gasteiger partial charge >= 0.3 is 6.18 Å². The lowest BCUT2D eigenvalue weighted by molar-refractivity contribution is -0.186. The van der Waals surface area contributed by atoms with Crippen molar-refractivity contribution in [3.05, 3.63) is 0 Å². The third-order valence-corrected chi connectivity index (χ3v) is 4.50.